The molecule has 5 nitrogen and oxygen atoms in total. The molecule has 1 spiro atoms. The number of benzene rings is 2. The van der Waals surface area contributed by atoms with Gasteiger partial charge in [-0.15, -0.1) is 0 Å². The van der Waals surface area contributed by atoms with Crippen LogP contribution in [0.2, 0.25) is 0 Å². The van der Waals surface area contributed by atoms with E-state index < -0.39 is 15.6 Å². The van der Waals surface area contributed by atoms with Crippen molar-refractivity contribution in [3.05, 3.63) is 66.2 Å². The number of sulfonamides is 1. The second kappa shape index (κ2) is 8.19. The first-order valence-electron chi connectivity index (χ1n) is 10.3. The van der Waals surface area contributed by atoms with Crippen LogP contribution in [0.15, 0.2) is 65.6 Å². The maximum Gasteiger partial charge on any atom is 0.243 e. The van der Waals surface area contributed by atoms with E-state index in [2.05, 4.69) is 26.0 Å². The fourth-order valence-corrected chi connectivity index (χ4v) is 6.02. The molecule has 0 bridgehead atoms. The maximum absolute atomic E-state index is 13.1. The zero-order valence-corrected chi connectivity index (χ0v) is 17.8. The van der Waals surface area contributed by atoms with E-state index in [1.165, 1.54) is 5.56 Å². The molecule has 2 aliphatic heterocycles. The summed E-state index contributed by atoms with van der Waals surface area (Å²) in [6.45, 7) is 5.88. The van der Waals surface area contributed by atoms with Gasteiger partial charge in [-0.2, -0.15) is 4.31 Å². The first-order valence-corrected chi connectivity index (χ1v) is 11.7. The van der Waals surface area contributed by atoms with Crippen molar-refractivity contribution in [1.29, 1.82) is 0 Å². The van der Waals surface area contributed by atoms with E-state index in [1.807, 2.05) is 24.3 Å². The monoisotopic (exact) mass is 415 g/mol. The lowest BCUT2D eigenvalue weighted by molar-refractivity contribution is -0.201. The van der Waals surface area contributed by atoms with Crippen LogP contribution in [0.25, 0.3) is 0 Å². The molecule has 0 N–H and O–H groups in total. The molecule has 6 heteroatoms. The van der Waals surface area contributed by atoms with E-state index in [0.717, 1.165) is 6.42 Å². The number of hydrogen-bond acceptors (Lipinski definition) is 4. The summed E-state index contributed by atoms with van der Waals surface area (Å²) in [5.74, 6) is 0.646. The van der Waals surface area contributed by atoms with Gasteiger partial charge in [0.15, 0.2) is 0 Å². The molecule has 2 aromatic rings. The quantitative estimate of drug-likeness (QED) is 0.760. The summed E-state index contributed by atoms with van der Waals surface area (Å²) in [6, 6.07) is 18.9. The minimum absolute atomic E-state index is 0.00605. The van der Waals surface area contributed by atoms with E-state index in [4.69, 9.17) is 9.47 Å². The lowest BCUT2D eigenvalue weighted by atomic mass is 9.76. The fourth-order valence-electron chi connectivity index (χ4n) is 4.50. The first-order chi connectivity index (χ1) is 13.9. The van der Waals surface area contributed by atoms with E-state index in [9.17, 15) is 8.42 Å². The number of nitrogens with zero attached hydrogens (tertiary/aromatic N) is 1. The Balaban J connectivity index is 1.57. The average Bonchev–Trinajstić information content (AvgIpc) is 2.75. The lowest BCUT2D eigenvalue weighted by Crippen LogP contribution is -2.59. The molecular formula is C23H29NO4S. The normalized spacial score (nSPS) is 28.7. The van der Waals surface area contributed by atoms with Gasteiger partial charge in [-0.3, -0.25) is 0 Å². The molecule has 0 unspecified atom stereocenters. The maximum atomic E-state index is 13.1. The van der Waals surface area contributed by atoms with Gasteiger partial charge < -0.3 is 9.47 Å². The van der Waals surface area contributed by atoms with Crippen LogP contribution in [0.5, 0.6) is 0 Å². The summed E-state index contributed by atoms with van der Waals surface area (Å²) in [5.41, 5.74) is 0.575. The molecule has 0 saturated carbocycles. The predicted molar refractivity (Wildman–Crippen MR) is 112 cm³/mol. The smallest absolute Gasteiger partial charge is 0.243 e. The average molecular weight is 416 g/mol. The first kappa shape index (κ1) is 20.5. The van der Waals surface area contributed by atoms with E-state index >= 15 is 0 Å². The van der Waals surface area contributed by atoms with Crippen molar-refractivity contribution in [3.8, 4) is 0 Å². The van der Waals surface area contributed by atoms with Crippen LogP contribution in [0.1, 0.15) is 31.9 Å². The minimum atomic E-state index is -3.54. The molecule has 2 aromatic carbocycles. The van der Waals surface area contributed by atoms with Crippen LogP contribution >= 0.6 is 0 Å². The fraction of sp³-hybridized carbons (Fsp3) is 0.478. The Labute approximate surface area is 173 Å². The van der Waals surface area contributed by atoms with Crippen molar-refractivity contribution in [2.75, 3.05) is 26.3 Å². The highest BCUT2D eigenvalue weighted by Crippen LogP contribution is 2.44. The van der Waals surface area contributed by atoms with Crippen molar-refractivity contribution in [2.24, 2.45) is 11.8 Å². The molecule has 156 valence electrons. The Hall–Kier alpha value is -1.73. The molecular weight excluding hydrogens is 386 g/mol. The van der Waals surface area contributed by atoms with Crippen molar-refractivity contribution < 1.29 is 17.9 Å². The third-order valence-corrected chi connectivity index (χ3v) is 7.96. The third-order valence-electron chi connectivity index (χ3n) is 6.10. The standard InChI is InChI=1S/C23H29NO4S/c1-18(2)21-15-23(17-27-22(21)19-9-5-3-6-10-19)16-24(13-14-28-23)29(25,26)20-11-7-4-8-12-20/h3-12,18,21-22H,13-17H2,1-2H3/t21-,22-,23-/m0/s1. The van der Waals surface area contributed by atoms with Crippen LogP contribution in [0, 0.1) is 11.8 Å². The third kappa shape index (κ3) is 4.12. The SMILES string of the molecule is CC(C)[C@@H]1C[C@@]2(CO[C@H]1c1ccccc1)CN(S(=O)(=O)c1ccccc1)CCO2. The highest BCUT2D eigenvalue weighted by molar-refractivity contribution is 7.89. The lowest BCUT2D eigenvalue weighted by Gasteiger charge is -2.49. The Bertz CT molecular complexity index is 916. The van der Waals surface area contributed by atoms with Crippen molar-refractivity contribution in [2.45, 2.75) is 36.9 Å². The Morgan fingerprint density at radius 1 is 1.03 bits per heavy atom. The summed E-state index contributed by atoms with van der Waals surface area (Å²) in [4.78, 5) is 0.330. The Morgan fingerprint density at radius 2 is 1.69 bits per heavy atom. The molecule has 3 atom stereocenters. The summed E-state index contributed by atoms with van der Waals surface area (Å²) >= 11 is 0. The molecule has 0 aromatic heterocycles. The summed E-state index contributed by atoms with van der Waals surface area (Å²) < 4.78 is 40.4. The minimum Gasteiger partial charge on any atom is -0.370 e. The van der Waals surface area contributed by atoms with Crippen LogP contribution < -0.4 is 0 Å². The van der Waals surface area contributed by atoms with Gasteiger partial charge in [0.2, 0.25) is 10.0 Å². The van der Waals surface area contributed by atoms with Gasteiger partial charge in [0.05, 0.1) is 24.2 Å². The molecule has 0 radical (unpaired) electrons. The molecule has 2 saturated heterocycles. The molecule has 2 fully saturated rings. The topological polar surface area (TPSA) is 55.8 Å². The Kier molecular flexibility index (Phi) is 5.80. The molecule has 4 rings (SSSR count). The van der Waals surface area contributed by atoms with Gasteiger partial charge in [-0.25, -0.2) is 8.42 Å². The largest absolute Gasteiger partial charge is 0.370 e. The second-order valence-electron chi connectivity index (χ2n) is 8.44. The summed E-state index contributed by atoms with van der Waals surface area (Å²) in [7, 11) is -3.54. The van der Waals surface area contributed by atoms with Crippen molar-refractivity contribution >= 4 is 10.0 Å². The van der Waals surface area contributed by atoms with Gasteiger partial charge >= 0.3 is 0 Å². The number of morpholine rings is 1. The number of hydrogen-bond donors (Lipinski definition) is 0. The van der Waals surface area contributed by atoms with Crippen LogP contribution in [-0.2, 0) is 19.5 Å². The zero-order valence-electron chi connectivity index (χ0n) is 17.0. The van der Waals surface area contributed by atoms with Crippen LogP contribution in [0.3, 0.4) is 0 Å². The van der Waals surface area contributed by atoms with Gasteiger partial charge in [-0.05, 0) is 36.0 Å². The van der Waals surface area contributed by atoms with Gasteiger partial charge in [0.1, 0.15) is 5.60 Å². The van der Waals surface area contributed by atoms with Crippen LogP contribution in [-0.4, -0.2) is 44.6 Å². The van der Waals surface area contributed by atoms with Crippen molar-refractivity contribution in [3.63, 3.8) is 0 Å². The van der Waals surface area contributed by atoms with E-state index in [1.54, 1.807) is 28.6 Å². The molecule has 0 aliphatic carbocycles. The Morgan fingerprint density at radius 3 is 2.34 bits per heavy atom. The highest BCUT2D eigenvalue weighted by atomic mass is 32.2. The summed E-state index contributed by atoms with van der Waals surface area (Å²) in [5, 5.41) is 0. The highest BCUT2D eigenvalue weighted by Gasteiger charge is 2.48. The second-order valence-corrected chi connectivity index (χ2v) is 10.4. The zero-order chi connectivity index (χ0) is 20.5. The number of rotatable bonds is 4. The molecule has 29 heavy (non-hydrogen) atoms. The van der Waals surface area contributed by atoms with Gasteiger partial charge in [0.25, 0.3) is 0 Å². The van der Waals surface area contributed by atoms with E-state index in [-0.39, 0.29) is 12.0 Å². The molecule has 2 heterocycles. The van der Waals surface area contributed by atoms with Gasteiger partial charge in [-0.1, -0.05) is 62.4 Å². The van der Waals surface area contributed by atoms with Crippen molar-refractivity contribution in [1.82, 2.24) is 4.31 Å². The summed E-state index contributed by atoms with van der Waals surface area (Å²) in [6.07, 6.45) is 0.789. The van der Waals surface area contributed by atoms with Crippen LogP contribution in [0.4, 0.5) is 0 Å². The van der Waals surface area contributed by atoms with Gasteiger partial charge in [0, 0.05) is 13.1 Å². The predicted octanol–water partition coefficient (Wildman–Crippen LogP) is 3.88. The number of ether oxygens (including phenoxy) is 2. The molecule has 0 amide bonds. The van der Waals surface area contributed by atoms with E-state index in [0.29, 0.717) is 37.1 Å². The molecule has 2 aliphatic rings.